The van der Waals surface area contributed by atoms with Gasteiger partial charge in [-0.15, -0.1) is 0 Å². The van der Waals surface area contributed by atoms with Crippen molar-refractivity contribution in [3.8, 4) is 11.5 Å². The summed E-state index contributed by atoms with van der Waals surface area (Å²) >= 11 is 0. The zero-order chi connectivity index (χ0) is 13.9. The summed E-state index contributed by atoms with van der Waals surface area (Å²) in [6.45, 7) is 3.65. The van der Waals surface area contributed by atoms with Gasteiger partial charge >= 0.3 is 0 Å². The van der Waals surface area contributed by atoms with Crippen molar-refractivity contribution in [2.75, 3.05) is 14.2 Å². The summed E-state index contributed by atoms with van der Waals surface area (Å²) < 4.78 is 24.0. The molecule has 1 aromatic rings. The lowest BCUT2D eigenvalue weighted by Crippen LogP contribution is -2.31. The van der Waals surface area contributed by atoms with E-state index in [1.54, 1.807) is 0 Å². The summed E-state index contributed by atoms with van der Waals surface area (Å²) in [6.07, 6.45) is -0.822. The highest BCUT2D eigenvalue weighted by molar-refractivity contribution is 5.44. The van der Waals surface area contributed by atoms with E-state index in [0.717, 1.165) is 0 Å². The number of aliphatic hydroxyl groups is 1. The molecular formula is C13H20FNO3. The molecule has 0 saturated carbocycles. The van der Waals surface area contributed by atoms with E-state index in [4.69, 9.17) is 15.2 Å². The van der Waals surface area contributed by atoms with E-state index in [0.29, 0.717) is 11.5 Å². The molecule has 2 atom stereocenters. The van der Waals surface area contributed by atoms with Crippen LogP contribution in [0.3, 0.4) is 0 Å². The van der Waals surface area contributed by atoms with Gasteiger partial charge in [0.25, 0.3) is 0 Å². The number of nitrogens with two attached hydrogens (primary N) is 1. The molecule has 0 aliphatic heterocycles. The molecule has 0 heterocycles. The second-order valence-corrected chi connectivity index (χ2v) is 4.49. The van der Waals surface area contributed by atoms with Crippen LogP contribution in [-0.2, 0) is 0 Å². The minimum absolute atomic E-state index is 0.0625. The van der Waals surface area contributed by atoms with Crippen LogP contribution in [0.2, 0.25) is 0 Å². The third-order valence-corrected chi connectivity index (χ3v) is 2.91. The molecule has 5 heteroatoms. The molecule has 0 amide bonds. The van der Waals surface area contributed by atoms with Crippen LogP contribution in [0.4, 0.5) is 4.39 Å². The Bertz CT molecular complexity index is 409. The summed E-state index contributed by atoms with van der Waals surface area (Å²) in [7, 11) is 2.89. The van der Waals surface area contributed by atoms with Crippen molar-refractivity contribution in [2.24, 2.45) is 11.7 Å². The van der Waals surface area contributed by atoms with E-state index in [1.165, 1.54) is 26.4 Å². The molecule has 0 aliphatic carbocycles. The van der Waals surface area contributed by atoms with Gasteiger partial charge in [0.2, 0.25) is 0 Å². The van der Waals surface area contributed by atoms with Gasteiger partial charge in [0, 0.05) is 11.6 Å². The van der Waals surface area contributed by atoms with Gasteiger partial charge in [-0.05, 0) is 12.0 Å². The minimum Gasteiger partial charge on any atom is -0.493 e. The summed E-state index contributed by atoms with van der Waals surface area (Å²) in [6, 6.07) is 1.87. The number of hydrogen-bond donors (Lipinski definition) is 2. The standard InChI is InChI=1S/C13H20FNO3/c1-7(2)13(16)12(15)8-5-10(17-3)11(18-4)6-9(8)14/h5-7,12-13,16H,15H2,1-4H3/t12-,13+/m0/s1. The number of benzene rings is 1. The van der Waals surface area contributed by atoms with Crippen molar-refractivity contribution >= 4 is 0 Å². The molecule has 102 valence electrons. The Morgan fingerprint density at radius 2 is 1.67 bits per heavy atom. The second kappa shape index (κ2) is 6.02. The molecule has 1 rings (SSSR count). The zero-order valence-electron chi connectivity index (χ0n) is 11.1. The predicted octanol–water partition coefficient (Wildman–Crippen LogP) is 1.86. The number of halogens is 1. The monoisotopic (exact) mass is 257 g/mol. The van der Waals surface area contributed by atoms with Crippen LogP contribution in [0.15, 0.2) is 12.1 Å². The molecule has 0 saturated heterocycles. The fourth-order valence-electron chi connectivity index (χ4n) is 1.72. The summed E-state index contributed by atoms with van der Waals surface area (Å²) in [5.41, 5.74) is 6.09. The maximum absolute atomic E-state index is 13.9. The van der Waals surface area contributed by atoms with Gasteiger partial charge < -0.3 is 20.3 Å². The number of aliphatic hydroxyl groups excluding tert-OH is 1. The van der Waals surface area contributed by atoms with Crippen LogP contribution in [0.1, 0.15) is 25.5 Å². The first-order valence-electron chi connectivity index (χ1n) is 5.77. The summed E-state index contributed by atoms with van der Waals surface area (Å²) in [5.74, 6) is 0.109. The van der Waals surface area contributed by atoms with Gasteiger partial charge in [-0.3, -0.25) is 0 Å². The zero-order valence-corrected chi connectivity index (χ0v) is 11.1. The van der Waals surface area contributed by atoms with Crippen molar-refractivity contribution in [1.29, 1.82) is 0 Å². The van der Waals surface area contributed by atoms with Crippen LogP contribution in [0, 0.1) is 11.7 Å². The average Bonchev–Trinajstić information content (AvgIpc) is 2.36. The maximum Gasteiger partial charge on any atom is 0.163 e. The maximum atomic E-state index is 13.9. The highest BCUT2D eigenvalue weighted by Crippen LogP contribution is 2.33. The molecule has 1 aromatic carbocycles. The molecule has 0 aromatic heterocycles. The first-order valence-corrected chi connectivity index (χ1v) is 5.77. The molecule has 0 radical (unpaired) electrons. The largest absolute Gasteiger partial charge is 0.493 e. The number of hydrogen-bond acceptors (Lipinski definition) is 4. The van der Waals surface area contributed by atoms with Gasteiger partial charge in [-0.2, -0.15) is 0 Å². The van der Waals surface area contributed by atoms with E-state index in [9.17, 15) is 9.50 Å². The van der Waals surface area contributed by atoms with E-state index in [2.05, 4.69) is 0 Å². The molecule has 4 nitrogen and oxygen atoms in total. The highest BCUT2D eigenvalue weighted by atomic mass is 19.1. The predicted molar refractivity (Wildman–Crippen MR) is 67.3 cm³/mol. The van der Waals surface area contributed by atoms with Crippen LogP contribution in [0.25, 0.3) is 0 Å². The topological polar surface area (TPSA) is 64.7 Å². The lowest BCUT2D eigenvalue weighted by molar-refractivity contribution is 0.0965. The van der Waals surface area contributed by atoms with E-state index < -0.39 is 18.0 Å². The van der Waals surface area contributed by atoms with Crippen LogP contribution in [0.5, 0.6) is 11.5 Å². The smallest absolute Gasteiger partial charge is 0.163 e. The first-order chi connectivity index (χ1) is 8.42. The lowest BCUT2D eigenvalue weighted by atomic mass is 9.94. The van der Waals surface area contributed by atoms with Gasteiger partial charge in [-0.1, -0.05) is 13.8 Å². The molecule has 0 unspecified atom stereocenters. The molecular weight excluding hydrogens is 237 g/mol. The van der Waals surface area contributed by atoms with E-state index in [-0.39, 0.29) is 11.5 Å². The average molecular weight is 257 g/mol. The Morgan fingerprint density at radius 1 is 1.17 bits per heavy atom. The van der Waals surface area contributed by atoms with Crippen LogP contribution < -0.4 is 15.2 Å². The van der Waals surface area contributed by atoms with Crippen molar-refractivity contribution in [1.82, 2.24) is 0 Å². The van der Waals surface area contributed by atoms with E-state index in [1.807, 2.05) is 13.8 Å². The highest BCUT2D eigenvalue weighted by Gasteiger charge is 2.24. The normalized spacial score (nSPS) is 14.4. The third-order valence-electron chi connectivity index (χ3n) is 2.91. The van der Waals surface area contributed by atoms with E-state index >= 15 is 0 Å². The molecule has 0 bridgehead atoms. The summed E-state index contributed by atoms with van der Waals surface area (Å²) in [4.78, 5) is 0. The summed E-state index contributed by atoms with van der Waals surface area (Å²) in [5, 5.41) is 9.90. The third kappa shape index (κ3) is 2.91. The van der Waals surface area contributed by atoms with Crippen LogP contribution >= 0.6 is 0 Å². The Morgan fingerprint density at radius 3 is 2.11 bits per heavy atom. The first kappa shape index (κ1) is 14.7. The van der Waals surface area contributed by atoms with Crippen LogP contribution in [-0.4, -0.2) is 25.4 Å². The molecule has 0 spiro atoms. The molecule has 18 heavy (non-hydrogen) atoms. The lowest BCUT2D eigenvalue weighted by Gasteiger charge is -2.23. The van der Waals surface area contributed by atoms with Gasteiger partial charge in [0.05, 0.1) is 26.4 Å². The number of rotatable bonds is 5. The number of ether oxygens (including phenoxy) is 2. The van der Waals surface area contributed by atoms with Gasteiger partial charge in [0.1, 0.15) is 5.82 Å². The van der Waals surface area contributed by atoms with Gasteiger partial charge in [0.15, 0.2) is 11.5 Å². The van der Waals surface area contributed by atoms with Crippen molar-refractivity contribution in [2.45, 2.75) is 26.0 Å². The Kier molecular flexibility index (Phi) is 4.93. The fourth-order valence-corrected chi connectivity index (χ4v) is 1.72. The number of methoxy groups -OCH3 is 2. The van der Waals surface area contributed by atoms with Crippen molar-refractivity contribution in [3.63, 3.8) is 0 Å². The molecule has 0 fully saturated rings. The SMILES string of the molecule is COc1cc(F)c([C@H](N)[C@H](O)C(C)C)cc1OC. The van der Waals surface area contributed by atoms with Gasteiger partial charge in [-0.25, -0.2) is 4.39 Å². The minimum atomic E-state index is -0.822. The quantitative estimate of drug-likeness (QED) is 0.845. The fraction of sp³-hybridized carbons (Fsp3) is 0.538. The molecule has 3 N–H and O–H groups in total. The van der Waals surface area contributed by atoms with Crippen molar-refractivity contribution in [3.05, 3.63) is 23.5 Å². The Hall–Kier alpha value is -1.33. The van der Waals surface area contributed by atoms with Crippen molar-refractivity contribution < 1.29 is 19.0 Å². The Balaban J connectivity index is 3.16. The Labute approximate surface area is 107 Å². The second-order valence-electron chi connectivity index (χ2n) is 4.49. The molecule has 0 aliphatic rings.